The fourth-order valence-electron chi connectivity index (χ4n) is 3.96. The molecule has 0 aliphatic rings. The molecule has 11 nitrogen and oxygen atoms in total. The van der Waals surface area contributed by atoms with Gasteiger partial charge in [-0.1, -0.05) is 58.6 Å². The Morgan fingerprint density at radius 2 is 1.42 bits per heavy atom. The third-order valence-corrected chi connectivity index (χ3v) is 7.26. The normalized spacial score (nSPS) is 11.8. The summed E-state index contributed by atoms with van der Waals surface area (Å²) < 4.78 is 73.3. The summed E-state index contributed by atoms with van der Waals surface area (Å²) in [7, 11) is -5.22. The molecule has 3 aromatic carbocycles. The number of benzene rings is 3. The second kappa shape index (κ2) is 14.4. The molecule has 0 saturated carbocycles. The van der Waals surface area contributed by atoms with Crippen molar-refractivity contribution in [2.24, 2.45) is 0 Å². The summed E-state index contributed by atoms with van der Waals surface area (Å²) in [4.78, 5) is 12.6. The average Bonchev–Trinajstić information content (AvgIpc) is 2.91. The molecule has 244 valence electrons. The lowest BCUT2D eigenvalue weighted by atomic mass is 9.96. The van der Waals surface area contributed by atoms with Crippen LogP contribution in [-0.2, 0) is 25.0 Å². The van der Waals surface area contributed by atoms with Crippen LogP contribution in [-0.4, -0.2) is 59.9 Å². The highest BCUT2D eigenvalue weighted by atomic mass is 35.6. The maximum atomic E-state index is 12.6. The summed E-state index contributed by atoms with van der Waals surface area (Å²) in [5.74, 6) is -0.757. The summed E-state index contributed by atoms with van der Waals surface area (Å²) in [5.41, 5.74) is 2.37. The minimum Gasteiger partial charge on any atom is -0.496 e. The second-order valence-corrected chi connectivity index (χ2v) is 15.1. The smallest absolute Gasteiger partial charge is 0.306 e. The van der Waals surface area contributed by atoms with E-state index in [9.17, 15) is 21.6 Å². The lowest BCUT2D eigenvalue weighted by Crippen LogP contribution is -2.27. The minimum absolute atomic E-state index is 0.00349. The molecule has 0 aromatic heterocycles. The van der Waals surface area contributed by atoms with Gasteiger partial charge in [0, 0.05) is 5.56 Å². The molecular formula is C29H30Cl3NO10S2. The molecule has 1 amide bonds. The van der Waals surface area contributed by atoms with E-state index in [1.54, 1.807) is 24.3 Å². The third-order valence-electron chi connectivity index (χ3n) is 5.78. The van der Waals surface area contributed by atoms with Crippen LogP contribution in [0.4, 0.5) is 5.69 Å². The van der Waals surface area contributed by atoms with Crippen LogP contribution in [0.25, 0.3) is 22.3 Å². The molecule has 0 radical (unpaired) electrons. The number of carbonyl (C=O) groups is 1. The predicted octanol–water partition coefficient (Wildman–Crippen LogP) is 6.37. The van der Waals surface area contributed by atoms with Crippen molar-refractivity contribution in [1.82, 2.24) is 0 Å². The first kappa shape index (κ1) is 36.1. The first-order valence-electron chi connectivity index (χ1n) is 12.8. The number of rotatable bonds is 12. The Balaban J connectivity index is 2.30. The Morgan fingerprint density at radius 3 is 1.93 bits per heavy atom. The van der Waals surface area contributed by atoms with Crippen LogP contribution in [0, 0.1) is 0 Å². The van der Waals surface area contributed by atoms with Crippen molar-refractivity contribution in [2.75, 3.05) is 38.7 Å². The molecule has 0 spiro atoms. The molecule has 0 bridgehead atoms. The van der Waals surface area contributed by atoms with Gasteiger partial charge in [0.05, 0.1) is 38.0 Å². The number of carbonyl (C=O) groups excluding carboxylic acids is 1. The lowest BCUT2D eigenvalue weighted by molar-refractivity contribution is -0.115. The molecule has 45 heavy (non-hydrogen) atoms. The van der Waals surface area contributed by atoms with E-state index in [1.165, 1.54) is 38.5 Å². The van der Waals surface area contributed by atoms with Crippen molar-refractivity contribution in [2.45, 2.75) is 17.6 Å². The van der Waals surface area contributed by atoms with E-state index >= 15 is 0 Å². The van der Waals surface area contributed by atoms with Crippen LogP contribution in [0.5, 0.6) is 28.7 Å². The van der Waals surface area contributed by atoms with Gasteiger partial charge < -0.3 is 27.9 Å². The van der Waals surface area contributed by atoms with Gasteiger partial charge in [0.1, 0.15) is 23.9 Å². The fourth-order valence-corrected chi connectivity index (χ4v) is 5.03. The van der Waals surface area contributed by atoms with Crippen molar-refractivity contribution in [1.29, 1.82) is 0 Å². The first-order chi connectivity index (χ1) is 20.8. The molecule has 0 unspecified atom stereocenters. The molecule has 16 heteroatoms. The number of nitrogens with one attached hydrogen (secondary N) is 1. The molecule has 3 rings (SSSR count). The van der Waals surface area contributed by atoms with Crippen LogP contribution in [0.1, 0.15) is 13.8 Å². The molecule has 3 aromatic rings. The van der Waals surface area contributed by atoms with Crippen LogP contribution >= 0.6 is 34.8 Å². The van der Waals surface area contributed by atoms with Crippen molar-refractivity contribution in [3.8, 4) is 51.0 Å². The van der Waals surface area contributed by atoms with Gasteiger partial charge in [-0.15, -0.1) is 0 Å². The molecular weight excluding hydrogens is 693 g/mol. The molecule has 0 aliphatic carbocycles. The maximum Gasteiger partial charge on any atom is 0.306 e. The van der Waals surface area contributed by atoms with E-state index in [1.807, 2.05) is 19.9 Å². The van der Waals surface area contributed by atoms with E-state index in [0.29, 0.717) is 16.7 Å². The van der Waals surface area contributed by atoms with E-state index in [4.69, 9.17) is 57.4 Å². The molecule has 1 N–H and O–H groups in total. The zero-order valence-corrected chi connectivity index (χ0v) is 28.8. The van der Waals surface area contributed by atoms with Gasteiger partial charge in [0.2, 0.25) is 0 Å². The van der Waals surface area contributed by atoms with Crippen LogP contribution in [0.2, 0.25) is 0 Å². The van der Waals surface area contributed by atoms with Gasteiger partial charge in [-0.25, -0.2) is 0 Å². The third kappa shape index (κ3) is 10.1. The predicted molar refractivity (Wildman–Crippen MR) is 175 cm³/mol. The van der Waals surface area contributed by atoms with Crippen molar-refractivity contribution in [3.63, 3.8) is 0 Å². The highest BCUT2D eigenvalue weighted by molar-refractivity contribution is 7.86. The van der Waals surface area contributed by atoms with Crippen molar-refractivity contribution < 1.29 is 44.2 Å². The zero-order chi connectivity index (χ0) is 33.7. The van der Waals surface area contributed by atoms with Crippen LogP contribution < -0.4 is 27.9 Å². The molecule has 0 aliphatic heterocycles. The van der Waals surface area contributed by atoms with Gasteiger partial charge in [-0.3, -0.25) is 4.79 Å². The number of ether oxygens (including phenoxy) is 3. The quantitative estimate of drug-likeness (QED) is 0.127. The minimum atomic E-state index is -4.14. The summed E-state index contributed by atoms with van der Waals surface area (Å²) in [6.07, 6.45) is 3.59. The Bertz CT molecular complexity index is 1820. The van der Waals surface area contributed by atoms with E-state index in [-0.39, 0.29) is 46.6 Å². The number of allylic oxidation sites excluding steroid dienone is 1. The Hall–Kier alpha value is -3.36. The highest BCUT2D eigenvalue weighted by Crippen LogP contribution is 2.51. The molecule has 0 fully saturated rings. The Morgan fingerprint density at radius 1 is 0.822 bits per heavy atom. The van der Waals surface area contributed by atoms with E-state index in [0.717, 1.165) is 18.1 Å². The topological polar surface area (TPSA) is 144 Å². The zero-order valence-electron chi connectivity index (χ0n) is 24.9. The number of halogens is 3. The van der Waals surface area contributed by atoms with Crippen molar-refractivity contribution in [3.05, 3.63) is 60.2 Å². The SMILES string of the molecule is COc1cc(-c2ccc(OS(C)(=O)=O)cc2)c(OC)c(OS(C)(=O)=O)c1-c1ccc(OCC=C(C)C)c(NC(=O)C(Cl)(Cl)Cl)c1. The number of hydrogen-bond donors (Lipinski definition) is 1. The molecule has 0 atom stereocenters. The van der Waals surface area contributed by atoms with E-state index < -0.39 is 29.9 Å². The number of methoxy groups -OCH3 is 2. The van der Waals surface area contributed by atoms with Crippen LogP contribution in [0.15, 0.2) is 60.2 Å². The average molecular weight is 723 g/mol. The summed E-state index contributed by atoms with van der Waals surface area (Å²) in [5, 5.41) is 2.52. The lowest BCUT2D eigenvalue weighted by Gasteiger charge is -2.22. The standard InChI is InChI=1S/C29H30Cl3NO10S2/c1-17(2)13-14-41-23-12-9-19(15-22(23)33-28(34)29(30,31)32)25-24(39-3)16-21(26(40-4)27(25)43-45(6,37)38)18-7-10-20(11-8-18)42-44(5,35)36/h7-13,15-16H,14H2,1-6H3,(H,33,34). The van der Waals surface area contributed by atoms with Gasteiger partial charge in [-0.2, -0.15) is 16.8 Å². The Kier molecular flexibility index (Phi) is 11.5. The van der Waals surface area contributed by atoms with E-state index in [2.05, 4.69) is 5.32 Å². The second-order valence-electron chi connectivity index (χ2n) is 9.72. The monoisotopic (exact) mass is 721 g/mol. The highest BCUT2D eigenvalue weighted by Gasteiger charge is 2.32. The van der Waals surface area contributed by atoms with Gasteiger partial charge >= 0.3 is 20.2 Å². The molecule has 0 saturated heterocycles. The summed E-state index contributed by atoms with van der Waals surface area (Å²) in [6, 6.07) is 12.1. The van der Waals surface area contributed by atoms with Crippen molar-refractivity contribution >= 4 is 66.6 Å². The fraction of sp³-hybridized carbons (Fsp3) is 0.276. The maximum absolute atomic E-state index is 12.6. The summed E-state index contributed by atoms with van der Waals surface area (Å²) in [6.45, 7) is 3.95. The number of hydrogen-bond acceptors (Lipinski definition) is 10. The first-order valence-corrected chi connectivity index (χ1v) is 17.6. The largest absolute Gasteiger partial charge is 0.496 e. The van der Waals surface area contributed by atoms with Gasteiger partial charge in [-0.05, 0) is 61.4 Å². The number of anilines is 1. The van der Waals surface area contributed by atoms with Crippen LogP contribution in [0.3, 0.4) is 0 Å². The van der Waals surface area contributed by atoms with Gasteiger partial charge in [0.25, 0.3) is 9.70 Å². The van der Waals surface area contributed by atoms with Gasteiger partial charge in [0.15, 0.2) is 11.5 Å². The summed E-state index contributed by atoms with van der Waals surface area (Å²) >= 11 is 17.4. The molecule has 0 heterocycles. The number of alkyl halides is 3. The Labute approximate surface area is 277 Å². The number of amides is 1.